The number of benzene rings is 2. The molecule has 1 heterocycles. The number of amides is 1. The molecule has 1 unspecified atom stereocenters. The van der Waals surface area contributed by atoms with Crippen LogP contribution in [-0.4, -0.2) is 29.3 Å². The van der Waals surface area contributed by atoms with Gasteiger partial charge in [-0.2, -0.15) is 5.26 Å². The summed E-state index contributed by atoms with van der Waals surface area (Å²) in [7, 11) is 0. The van der Waals surface area contributed by atoms with Crippen LogP contribution in [0, 0.1) is 18.3 Å². The van der Waals surface area contributed by atoms with E-state index >= 15 is 0 Å². The third kappa shape index (κ3) is 6.89. The Morgan fingerprint density at radius 2 is 1.88 bits per heavy atom. The normalized spacial score (nSPS) is 12.0. The van der Waals surface area contributed by atoms with Crippen molar-refractivity contribution in [3.8, 4) is 17.6 Å². The number of rotatable bonds is 10. The second-order valence-electron chi connectivity index (χ2n) is 7.36. The fourth-order valence-corrected chi connectivity index (χ4v) is 3.62. The molecule has 1 amide bonds. The highest BCUT2D eigenvalue weighted by molar-refractivity contribution is 7.15. The van der Waals surface area contributed by atoms with Gasteiger partial charge in [0.1, 0.15) is 41.4 Å². The molecule has 7 nitrogen and oxygen atoms in total. The minimum atomic E-state index is -0.524. The first kappa shape index (κ1) is 24.0. The number of carbonyl (C=O) groups excluding carboxylic acids is 1. The molecule has 0 saturated heterocycles. The van der Waals surface area contributed by atoms with Crippen molar-refractivity contribution in [2.24, 2.45) is 0 Å². The number of para-hydroxylation sites is 1. The first-order chi connectivity index (χ1) is 16.0. The van der Waals surface area contributed by atoms with Crippen molar-refractivity contribution in [3.05, 3.63) is 70.2 Å². The maximum absolute atomic E-state index is 12.3. The van der Waals surface area contributed by atoms with E-state index < -0.39 is 5.91 Å². The molecule has 170 valence electrons. The van der Waals surface area contributed by atoms with Crippen LogP contribution in [0.25, 0.3) is 6.08 Å². The highest BCUT2D eigenvalue weighted by Gasteiger charge is 2.12. The van der Waals surface area contributed by atoms with Gasteiger partial charge < -0.3 is 9.47 Å². The van der Waals surface area contributed by atoms with Gasteiger partial charge in [-0.05, 0) is 54.7 Å². The number of hydrogen-bond acceptors (Lipinski definition) is 7. The van der Waals surface area contributed by atoms with Crippen LogP contribution in [-0.2, 0) is 4.79 Å². The summed E-state index contributed by atoms with van der Waals surface area (Å²) in [5.74, 6) is 1.48. The Morgan fingerprint density at radius 3 is 2.55 bits per heavy atom. The maximum Gasteiger partial charge on any atom is 0.268 e. The van der Waals surface area contributed by atoms with Crippen molar-refractivity contribution < 1.29 is 14.3 Å². The summed E-state index contributed by atoms with van der Waals surface area (Å²) in [6.45, 7) is 6.97. The van der Waals surface area contributed by atoms with Gasteiger partial charge in [-0.25, -0.2) is 0 Å². The van der Waals surface area contributed by atoms with Crippen LogP contribution in [0.15, 0.2) is 54.1 Å². The van der Waals surface area contributed by atoms with Gasteiger partial charge in [0.15, 0.2) is 0 Å². The SMILES string of the molecule is CCC(C)c1ccccc1OCCOc1ccc(/C=C(/C#N)C(=O)Nc2nnc(C)s2)cc1. The molecule has 0 aliphatic heterocycles. The molecule has 0 bridgehead atoms. The van der Waals surface area contributed by atoms with Crippen LogP contribution in [0.4, 0.5) is 5.13 Å². The van der Waals surface area contributed by atoms with E-state index in [1.54, 1.807) is 31.2 Å². The summed E-state index contributed by atoms with van der Waals surface area (Å²) in [5.41, 5.74) is 1.89. The van der Waals surface area contributed by atoms with Crippen molar-refractivity contribution in [3.63, 3.8) is 0 Å². The quantitative estimate of drug-likeness (QED) is 0.247. The standard InChI is InChI=1S/C25H26N4O3S/c1-4-17(2)22-7-5-6-8-23(22)32-14-13-31-21-11-9-19(10-12-21)15-20(16-26)24(30)27-25-29-28-18(3)33-25/h5-12,15,17H,4,13-14H2,1-3H3,(H,27,29,30)/b20-15-. The molecular weight excluding hydrogens is 436 g/mol. The Bertz CT molecular complexity index is 1150. The fraction of sp³-hybridized carbons (Fsp3) is 0.280. The van der Waals surface area contributed by atoms with Gasteiger partial charge in [-0.3, -0.25) is 10.1 Å². The van der Waals surface area contributed by atoms with E-state index in [2.05, 4.69) is 35.4 Å². The molecule has 2 aromatic carbocycles. The minimum absolute atomic E-state index is 0.0232. The fourth-order valence-electron chi connectivity index (χ4n) is 3.04. The molecule has 1 atom stereocenters. The van der Waals surface area contributed by atoms with Crippen LogP contribution < -0.4 is 14.8 Å². The van der Waals surface area contributed by atoms with Crippen molar-refractivity contribution in [1.29, 1.82) is 5.26 Å². The lowest BCUT2D eigenvalue weighted by Crippen LogP contribution is -2.13. The zero-order valence-corrected chi connectivity index (χ0v) is 19.7. The van der Waals surface area contributed by atoms with Crippen LogP contribution in [0.1, 0.15) is 42.3 Å². The van der Waals surface area contributed by atoms with Crippen molar-refractivity contribution in [2.45, 2.75) is 33.1 Å². The van der Waals surface area contributed by atoms with Crippen molar-refractivity contribution >= 4 is 28.5 Å². The van der Waals surface area contributed by atoms with E-state index in [0.717, 1.165) is 17.2 Å². The molecule has 0 radical (unpaired) electrons. The van der Waals surface area contributed by atoms with E-state index in [9.17, 15) is 10.1 Å². The number of aryl methyl sites for hydroxylation is 1. The Morgan fingerprint density at radius 1 is 1.15 bits per heavy atom. The average Bonchev–Trinajstić information content (AvgIpc) is 3.25. The second-order valence-corrected chi connectivity index (χ2v) is 8.54. The summed E-state index contributed by atoms with van der Waals surface area (Å²) < 4.78 is 11.7. The lowest BCUT2D eigenvalue weighted by Gasteiger charge is -2.15. The number of hydrogen-bond donors (Lipinski definition) is 1. The molecule has 0 fully saturated rings. The predicted octanol–water partition coefficient (Wildman–Crippen LogP) is 5.36. The Hall–Kier alpha value is -3.70. The third-order valence-corrected chi connectivity index (χ3v) is 5.73. The Balaban J connectivity index is 1.53. The number of nitrogens with zero attached hydrogens (tertiary/aromatic N) is 3. The molecule has 0 saturated carbocycles. The number of aromatic nitrogens is 2. The molecule has 1 aromatic heterocycles. The molecule has 33 heavy (non-hydrogen) atoms. The molecule has 8 heteroatoms. The Kier molecular flexibility index (Phi) is 8.56. The lowest BCUT2D eigenvalue weighted by molar-refractivity contribution is -0.112. The molecule has 3 rings (SSSR count). The highest BCUT2D eigenvalue weighted by atomic mass is 32.1. The molecule has 0 spiro atoms. The molecule has 0 aliphatic carbocycles. The summed E-state index contributed by atoms with van der Waals surface area (Å²) in [6.07, 6.45) is 2.57. The number of nitriles is 1. The zero-order valence-electron chi connectivity index (χ0n) is 18.9. The summed E-state index contributed by atoms with van der Waals surface area (Å²) in [5, 5.41) is 20.7. The average molecular weight is 463 g/mol. The third-order valence-electron chi connectivity index (χ3n) is 4.97. The van der Waals surface area contributed by atoms with Crippen LogP contribution in [0.3, 0.4) is 0 Å². The van der Waals surface area contributed by atoms with E-state index in [1.165, 1.54) is 23.0 Å². The summed E-state index contributed by atoms with van der Waals surface area (Å²) >= 11 is 1.25. The van der Waals surface area contributed by atoms with Gasteiger partial charge >= 0.3 is 0 Å². The molecule has 0 aliphatic rings. The van der Waals surface area contributed by atoms with E-state index in [1.807, 2.05) is 24.3 Å². The van der Waals surface area contributed by atoms with E-state index in [-0.39, 0.29) is 5.57 Å². The Labute approximate surface area is 197 Å². The molecule has 3 aromatic rings. The molecular formula is C25H26N4O3S. The topological polar surface area (TPSA) is 97.1 Å². The second kappa shape index (κ2) is 11.8. The predicted molar refractivity (Wildman–Crippen MR) is 129 cm³/mol. The van der Waals surface area contributed by atoms with Gasteiger partial charge in [-0.15, -0.1) is 10.2 Å². The number of nitrogens with one attached hydrogen (secondary N) is 1. The van der Waals surface area contributed by atoms with Gasteiger partial charge in [-0.1, -0.05) is 55.5 Å². The van der Waals surface area contributed by atoms with Gasteiger partial charge in [0.2, 0.25) is 5.13 Å². The highest BCUT2D eigenvalue weighted by Crippen LogP contribution is 2.28. The van der Waals surface area contributed by atoms with Gasteiger partial charge in [0.25, 0.3) is 5.91 Å². The van der Waals surface area contributed by atoms with Crippen LogP contribution >= 0.6 is 11.3 Å². The minimum Gasteiger partial charge on any atom is -0.490 e. The van der Waals surface area contributed by atoms with Crippen LogP contribution in [0.5, 0.6) is 11.5 Å². The zero-order chi connectivity index (χ0) is 23.6. The van der Waals surface area contributed by atoms with E-state index in [4.69, 9.17) is 9.47 Å². The first-order valence-corrected chi connectivity index (χ1v) is 11.5. The van der Waals surface area contributed by atoms with Gasteiger partial charge in [0, 0.05) is 0 Å². The monoisotopic (exact) mass is 462 g/mol. The number of anilines is 1. The largest absolute Gasteiger partial charge is 0.490 e. The summed E-state index contributed by atoms with van der Waals surface area (Å²) in [6, 6.07) is 17.2. The van der Waals surface area contributed by atoms with Crippen molar-refractivity contribution in [1.82, 2.24) is 10.2 Å². The first-order valence-electron chi connectivity index (χ1n) is 10.7. The maximum atomic E-state index is 12.3. The smallest absolute Gasteiger partial charge is 0.268 e. The number of ether oxygens (including phenoxy) is 2. The lowest BCUT2D eigenvalue weighted by atomic mass is 9.98. The van der Waals surface area contributed by atoms with Gasteiger partial charge in [0.05, 0.1) is 0 Å². The van der Waals surface area contributed by atoms with Crippen LogP contribution in [0.2, 0.25) is 0 Å². The van der Waals surface area contributed by atoms with Crippen molar-refractivity contribution in [2.75, 3.05) is 18.5 Å². The number of carbonyl (C=O) groups is 1. The van der Waals surface area contributed by atoms with E-state index in [0.29, 0.717) is 35.6 Å². The summed E-state index contributed by atoms with van der Waals surface area (Å²) in [4.78, 5) is 12.3. The molecule has 1 N–H and O–H groups in total.